The lowest BCUT2D eigenvalue weighted by molar-refractivity contribution is 0.0602. The Morgan fingerprint density at radius 2 is 1.95 bits per heavy atom. The molecule has 110 valence electrons. The highest BCUT2D eigenvalue weighted by Gasteiger charge is 2.13. The molecule has 0 saturated carbocycles. The minimum Gasteiger partial charge on any atom is -0.508 e. The molecule has 0 aromatic heterocycles. The van der Waals surface area contributed by atoms with Crippen LogP contribution in [0.1, 0.15) is 15.9 Å². The third-order valence-electron chi connectivity index (χ3n) is 3.15. The average Bonchev–Trinajstić information content (AvgIpc) is 2.50. The molecule has 2 aromatic rings. The van der Waals surface area contributed by atoms with Crippen LogP contribution in [0.2, 0.25) is 0 Å². The van der Waals surface area contributed by atoms with E-state index in [1.807, 2.05) is 12.1 Å². The summed E-state index contributed by atoms with van der Waals surface area (Å²) in [4.78, 5) is 11.7. The van der Waals surface area contributed by atoms with E-state index >= 15 is 0 Å². The summed E-state index contributed by atoms with van der Waals surface area (Å²) < 4.78 is 4.75. The van der Waals surface area contributed by atoms with Crippen molar-refractivity contribution in [2.24, 2.45) is 0 Å². The maximum Gasteiger partial charge on any atom is 0.340 e. The number of hydrogen-bond acceptors (Lipinski definition) is 5. The van der Waals surface area contributed by atoms with Crippen LogP contribution in [0.25, 0.3) is 0 Å². The van der Waals surface area contributed by atoms with E-state index in [2.05, 4.69) is 5.32 Å². The molecule has 5 heteroatoms. The second-order valence-corrected chi connectivity index (χ2v) is 4.60. The molecule has 0 bridgehead atoms. The maximum absolute atomic E-state index is 11.7. The van der Waals surface area contributed by atoms with Crippen molar-refractivity contribution in [3.63, 3.8) is 0 Å². The molecule has 0 heterocycles. The first-order valence-electron chi connectivity index (χ1n) is 6.60. The predicted molar refractivity (Wildman–Crippen MR) is 82.5 cm³/mol. The number of methoxy groups -OCH3 is 1. The van der Waals surface area contributed by atoms with Crippen LogP contribution in [0.3, 0.4) is 0 Å². The highest BCUT2D eigenvalue weighted by molar-refractivity contribution is 5.98. The zero-order chi connectivity index (χ0) is 15.2. The van der Waals surface area contributed by atoms with Crippen LogP contribution in [-0.4, -0.2) is 24.7 Å². The minimum absolute atomic E-state index is 0.243. The predicted octanol–water partition coefficient (Wildman–Crippen LogP) is 2.42. The van der Waals surface area contributed by atoms with Gasteiger partial charge in [0.25, 0.3) is 0 Å². The number of phenolic OH excluding ortho intramolecular Hbond substituents is 1. The molecule has 5 nitrogen and oxygen atoms in total. The van der Waals surface area contributed by atoms with E-state index in [9.17, 15) is 9.90 Å². The number of rotatable bonds is 5. The SMILES string of the molecule is COC(=O)c1cccc(N)c1NCCc1ccc(O)cc1. The molecule has 4 N–H and O–H groups in total. The van der Waals surface area contributed by atoms with Gasteiger partial charge in [0.15, 0.2) is 0 Å². The fourth-order valence-corrected chi connectivity index (χ4v) is 2.04. The number of nitrogen functional groups attached to an aromatic ring is 1. The van der Waals surface area contributed by atoms with Crippen LogP contribution >= 0.6 is 0 Å². The van der Waals surface area contributed by atoms with E-state index in [0.717, 1.165) is 12.0 Å². The summed E-state index contributed by atoms with van der Waals surface area (Å²) in [6.07, 6.45) is 0.745. The number of aromatic hydroxyl groups is 1. The number of ether oxygens (including phenoxy) is 1. The zero-order valence-corrected chi connectivity index (χ0v) is 11.8. The Hall–Kier alpha value is -2.69. The third kappa shape index (κ3) is 3.66. The topological polar surface area (TPSA) is 84.6 Å². The molecule has 0 fully saturated rings. The van der Waals surface area contributed by atoms with Gasteiger partial charge in [0.1, 0.15) is 5.75 Å². The van der Waals surface area contributed by atoms with Crippen molar-refractivity contribution in [1.29, 1.82) is 0 Å². The summed E-state index contributed by atoms with van der Waals surface area (Å²) in [6, 6.07) is 12.1. The van der Waals surface area contributed by atoms with Gasteiger partial charge < -0.3 is 20.9 Å². The summed E-state index contributed by atoms with van der Waals surface area (Å²) in [7, 11) is 1.34. The Bertz CT molecular complexity index is 624. The van der Waals surface area contributed by atoms with Gasteiger partial charge in [-0.2, -0.15) is 0 Å². The number of nitrogens with one attached hydrogen (secondary N) is 1. The Balaban J connectivity index is 2.06. The van der Waals surface area contributed by atoms with Crippen LogP contribution < -0.4 is 11.1 Å². The molecule has 2 aromatic carbocycles. The van der Waals surface area contributed by atoms with Gasteiger partial charge in [-0.3, -0.25) is 0 Å². The van der Waals surface area contributed by atoms with E-state index in [0.29, 0.717) is 23.5 Å². The Morgan fingerprint density at radius 1 is 1.24 bits per heavy atom. The molecular weight excluding hydrogens is 268 g/mol. The molecule has 0 radical (unpaired) electrons. The van der Waals surface area contributed by atoms with E-state index in [4.69, 9.17) is 10.5 Å². The fourth-order valence-electron chi connectivity index (χ4n) is 2.04. The zero-order valence-electron chi connectivity index (χ0n) is 11.8. The Morgan fingerprint density at radius 3 is 2.62 bits per heavy atom. The molecule has 0 spiro atoms. The number of anilines is 2. The first-order valence-corrected chi connectivity index (χ1v) is 6.60. The summed E-state index contributed by atoms with van der Waals surface area (Å²) in [6.45, 7) is 0.614. The van der Waals surface area contributed by atoms with Gasteiger partial charge in [-0.1, -0.05) is 18.2 Å². The quantitative estimate of drug-likeness (QED) is 0.580. The van der Waals surface area contributed by atoms with Crippen LogP contribution in [0, 0.1) is 0 Å². The lowest BCUT2D eigenvalue weighted by atomic mass is 10.1. The lowest BCUT2D eigenvalue weighted by Crippen LogP contribution is -2.12. The van der Waals surface area contributed by atoms with Gasteiger partial charge in [-0.25, -0.2) is 4.79 Å². The Kier molecular flexibility index (Phi) is 4.66. The monoisotopic (exact) mass is 286 g/mol. The van der Waals surface area contributed by atoms with Gasteiger partial charge in [0.05, 0.1) is 24.0 Å². The number of hydrogen-bond donors (Lipinski definition) is 3. The van der Waals surface area contributed by atoms with E-state index < -0.39 is 5.97 Å². The largest absolute Gasteiger partial charge is 0.508 e. The number of phenols is 1. The van der Waals surface area contributed by atoms with Gasteiger partial charge in [-0.05, 0) is 36.2 Å². The van der Waals surface area contributed by atoms with Crippen molar-refractivity contribution in [2.45, 2.75) is 6.42 Å². The summed E-state index contributed by atoms with van der Waals surface area (Å²) >= 11 is 0. The molecule has 0 aliphatic rings. The number of carbonyl (C=O) groups excluding carboxylic acids is 1. The minimum atomic E-state index is -0.422. The molecule has 0 amide bonds. The van der Waals surface area contributed by atoms with E-state index in [1.54, 1.807) is 30.3 Å². The molecule has 21 heavy (non-hydrogen) atoms. The maximum atomic E-state index is 11.7. The molecular formula is C16H18N2O3. The van der Waals surface area contributed by atoms with Crippen LogP contribution in [0.5, 0.6) is 5.75 Å². The van der Waals surface area contributed by atoms with Crippen LogP contribution in [0.15, 0.2) is 42.5 Å². The first-order chi connectivity index (χ1) is 10.1. The normalized spacial score (nSPS) is 10.1. The van der Waals surface area contributed by atoms with Gasteiger partial charge in [0.2, 0.25) is 0 Å². The molecule has 0 aliphatic heterocycles. The summed E-state index contributed by atoms with van der Waals surface area (Å²) in [5.41, 5.74) is 8.50. The summed E-state index contributed by atoms with van der Waals surface area (Å²) in [5.74, 6) is -0.179. The highest BCUT2D eigenvalue weighted by atomic mass is 16.5. The smallest absolute Gasteiger partial charge is 0.340 e. The number of esters is 1. The number of carbonyl (C=O) groups is 1. The van der Waals surface area contributed by atoms with Crippen LogP contribution in [-0.2, 0) is 11.2 Å². The average molecular weight is 286 g/mol. The Labute approximate surface area is 123 Å². The van der Waals surface area contributed by atoms with Crippen molar-refractivity contribution in [3.05, 3.63) is 53.6 Å². The van der Waals surface area contributed by atoms with Crippen molar-refractivity contribution >= 4 is 17.3 Å². The van der Waals surface area contributed by atoms with Crippen molar-refractivity contribution in [2.75, 3.05) is 24.7 Å². The third-order valence-corrected chi connectivity index (χ3v) is 3.15. The standard InChI is InChI=1S/C16H18N2O3/c1-21-16(20)13-3-2-4-14(17)15(13)18-10-9-11-5-7-12(19)8-6-11/h2-8,18-19H,9-10,17H2,1H3. The van der Waals surface area contributed by atoms with E-state index in [-0.39, 0.29) is 5.75 Å². The van der Waals surface area contributed by atoms with Gasteiger partial charge >= 0.3 is 5.97 Å². The van der Waals surface area contributed by atoms with Crippen molar-refractivity contribution in [3.8, 4) is 5.75 Å². The molecule has 0 aliphatic carbocycles. The molecule has 0 unspecified atom stereocenters. The highest BCUT2D eigenvalue weighted by Crippen LogP contribution is 2.24. The van der Waals surface area contributed by atoms with Crippen molar-refractivity contribution in [1.82, 2.24) is 0 Å². The summed E-state index contributed by atoms with van der Waals surface area (Å²) in [5, 5.41) is 12.4. The fraction of sp³-hybridized carbons (Fsp3) is 0.188. The number of nitrogens with two attached hydrogens (primary N) is 1. The lowest BCUT2D eigenvalue weighted by Gasteiger charge is -2.13. The second-order valence-electron chi connectivity index (χ2n) is 4.60. The molecule has 2 rings (SSSR count). The molecule has 0 saturated heterocycles. The van der Waals surface area contributed by atoms with Gasteiger partial charge in [-0.15, -0.1) is 0 Å². The molecule has 0 atom stereocenters. The number of benzene rings is 2. The second kappa shape index (κ2) is 6.65. The van der Waals surface area contributed by atoms with Crippen molar-refractivity contribution < 1.29 is 14.6 Å². The van der Waals surface area contributed by atoms with Crippen LogP contribution in [0.4, 0.5) is 11.4 Å². The van der Waals surface area contributed by atoms with Gasteiger partial charge in [0, 0.05) is 6.54 Å². The first kappa shape index (κ1) is 14.7. The number of para-hydroxylation sites is 1. The van der Waals surface area contributed by atoms with E-state index in [1.165, 1.54) is 7.11 Å².